The second-order valence-corrected chi connectivity index (χ2v) is 6.73. The van der Waals surface area contributed by atoms with Gasteiger partial charge in [0.05, 0.1) is 12.2 Å². The Bertz CT molecular complexity index is 755. The van der Waals surface area contributed by atoms with Crippen molar-refractivity contribution in [2.24, 2.45) is 5.92 Å². The Kier molecular flexibility index (Phi) is 6.89. The molecule has 0 atom stereocenters. The van der Waals surface area contributed by atoms with E-state index in [1.165, 1.54) is 12.1 Å². The molecule has 1 nitrogen and oxygen atoms in total. The highest BCUT2D eigenvalue weighted by molar-refractivity contribution is 5.72. The summed E-state index contributed by atoms with van der Waals surface area (Å²) in [7, 11) is 0. The molecule has 0 N–H and O–H groups in total. The molecule has 0 amide bonds. The highest BCUT2D eigenvalue weighted by atomic mass is 19.4. The molecule has 0 unspecified atom stereocenters. The zero-order chi connectivity index (χ0) is 20.0. The number of hydrogen-bond donors (Lipinski definition) is 0. The minimum absolute atomic E-state index is 0.329. The van der Waals surface area contributed by atoms with Crippen molar-refractivity contribution in [1.29, 1.82) is 0 Å². The number of rotatable bonds is 8. The molecule has 0 saturated carbocycles. The second-order valence-electron chi connectivity index (χ2n) is 6.73. The Labute approximate surface area is 159 Å². The van der Waals surface area contributed by atoms with Crippen LogP contribution in [0.5, 0.6) is 5.75 Å². The zero-order valence-electron chi connectivity index (χ0n) is 15.8. The molecule has 2 rings (SSSR count). The van der Waals surface area contributed by atoms with E-state index in [0.29, 0.717) is 12.5 Å². The summed E-state index contributed by atoms with van der Waals surface area (Å²) in [6.07, 6.45) is 1.14. The molecule has 0 aliphatic carbocycles. The van der Waals surface area contributed by atoms with Crippen molar-refractivity contribution in [3.05, 3.63) is 78.4 Å². The maximum absolute atomic E-state index is 12.8. The van der Waals surface area contributed by atoms with Gasteiger partial charge in [0, 0.05) is 0 Å². The highest BCUT2D eigenvalue weighted by Crippen LogP contribution is 2.34. The van der Waals surface area contributed by atoms with Gasteiger partial charge in [-0.15, -0.1) is 13.2 Å². The van der Waals surface area contributed by atoms with Crippen molar-refractivity contribution in [2.75, 3.05) is 6.61 Å². The number of ether oxygens (including phenoxy) is 1. The van der Waals surface area contributed by atoms with Crippen LogP contribution in [0.3, 0.4) is 0 Å². The van der Waals surface area contributed by atoms with Crippen LogP contribution in [0.2, 0.25) is 0 Å². The SMILES string of the molecule is C=CCC(CC=C)COc1cc(C)c(-c2ccc(C(F)(F)F)cc2)c(C)c1. The summed E-state index contributed by atoms with van der Waals surface area (Å²) in [5.74, 6) is 1.09. The van der Waals surface area contributed by atoms with Crippen molar-refractivity contribution in [1.82, 2.24) is 0 Å². The summed E-state index contributed by atoms with van der Waals surface area (Å²) in [6.45, 7) is 12.0. The summed E-state index contributed by atoms with van der Waals surface area (Å²) in [4.78, 5) is 0. The van der Waals surface area contributed by atoms with Crippen molar-refractivity contribution in [3.63, 3.8) is 0 Å². The maximum Gasteiger partial charge on any atom is 0.416 e. The number of alkyl halides is 3. The van der Waals surface area contributed by atoms with Crippen LogP contribution in [0.25, 0.3) is 11.1 Å². The average molecular weight is 374 g/mol. The summed E-state index contributed by atoms with van der Waals surface area (Å²) < 4.78 is 44.2. The average Bonchev–Trinajstić information content (AvgIpc) is 2.59. The Morgan fingerprint density at radius 1 is 0.963 bits per heavy atom. The van der Waals surface area contributed by atoms with E-state index in [0.717, 1.165) is 53.0 Å². The number of halogens is 3. The smallest absolute Gasteiger partial charge is 0.416 e. The molecule has 0 aromatic heterocycles. The van der Waals surface area contributed by atoms with E-state index < -0.39 is 11.7 Å². The van der Waals surface area contributed by atoms with Crippen LogP contribution < -0.4 is 4.74 Å². The molecule has 0 radical (unpaired) electrons. The minimum atomic E-state index is -4.33. The molecule has 0 heterocycles. The van der Waals surface area contributed by atoms with Crippen LogP contribution in [-0.2, 0) is 6.18 Å². The van der Waals surface area contributed by atoms with Gasteiger partial charge >= 0.3 is 6.18 Å². The van der Waals surface area contributed by atoms with Gasteiger partial charge in [-0.3, -0.25) is 0 Å². The first-order chi connectivity index (χ1) is 12.8. The lowest BCUT2D eigenvalue weighted by atomic mass is 9.94. The predicted octanol–water partition coefficient (Wildman–Crippen LogP) is 7.14. The van der Waals surface area contributed by atoms with Gasteiger partial charge in [0.15, 0.2) is 0 Å². The van der Waals surface area contributed by atoms with E-state index in [2.05, 4.69) is 13.2 Å². The molecule has 0 aliphatic rings. The molecular weight excluding hydrogens is 349 g/mol. The van der Waals surface area contributed by atoms with E-state index in [1.807, 2.05) is 38.1 Å². The quantitative estimate of drug-likeness (QED) is 0.446. The van der Waals surface area contributed by atoms with Gasteiger partial charge in [-0.05, 0) is 79.1 Å². The largest absolute Gasteiger partial charge is 0.493 e. The van der Waals surface area contributed by atoms with Crippen molar-refractivity contribution < 1.29 is 17.9 Å². The van der Waals surface area contributed by atoms with Crippen LogP contribution in [0.15, 0.2) is 61.7 Å². The molecule has 2 aromatic rings. The number of allylic oxidation sites excluding steroid dienone is 2. The van der Waals surface area contributed by atoms with Crippen molar-refractivity contribution >= 4 is 0 Å². The normalized spacial score (nSPS) is 11.5. The number of benzene rings is 2. The van der Waals surface area contributed by atoms with Crippen molar-refractivity contribution in [2.45, 2.75) is 32.9 Å². The maximum atomic E-state index is 12.8. The summed E-state index contributed by atoms with van der Waals surface area (Å²) >= 11 is 0. The number of hydrogen-bond acceptors (Lipinski definition) is 1. The lowest BCUT2D eigenvalue weighted by Gasteiger charge is -2.17. The Balaban J connectivity index is 2.21. The topological polar surface area (TPSA) is 9.23 Å². The fraction of sp³-hybridized carbons (Fsp3) is 0.304. The van der Waals surface area contributed by atoms with Crippen LogP contribution in [0, 0.1) is 19.8 Å². The third-order valence-electron chi connectivity index (χ3n) is 4.49. The fourth-order valence-corrected chi connectivity index (χ4v) is 3.21. The molecule has 27 heavy (non-hydrogen) atoms. The minimum Gasteiger partial charge on any atom is -0.493 e. The van der Waals surface area contributed by atoms with Crippen LogP contribution in [0.1, 0.15) is 29.5 Å². The molecular formula is C23H25F3O. The molecule has 144 valence electrons. The van der Waals surface area contributed by atoms with Crippen LogP contribution in [0.4, 0.5) is 13.2 Å². The molecule has 0 aliphatic heterocycles. The summed E-state index contributed by atoms with van der Waals surface area (Å²) in [5, 5.41) is 0. The monoisotopic (exact) mass is 374 g/mol. The lowest BCUT2D eigenvalue weighted by Crippen LogP contribution is -2.11. The van der Waals surface area contributed by atoms with Gasteiger partial charge in [-0.1, -0.05) is 24.3 Å². The van der Waals surface area contributed by atoms with Gasteiger partial charge < -0.3 is 4.74 Å². The molecule has 0 saturated heterocycles. The molecule has 0 spiro atoms. The Morgan fingerprint density at radius 3 is 1.93 bits per heavy atom. The summed E-state index contributed by atoms with van der Waals surface area (Å²) in [6, 6.07) is 9.13. The van der Waals surface area contributed by atoms with E-state index in [9.17, 15) is 13.2 Å². The van der Waals surface area contributed by atoms with Crippen LogP contribution in [-0.4, -0.2) is 6.61 Å². The van der Waals surface area contributed by atoms with E-state index in [4.69, 9.17) is 4.74 Å². The van der Waals surface area contributed by atoms with E-state index in [1.54, 1.807) is 0 Å². The molecule has 0 fully saturated rings. The first-order valence-electron chi connectivity index (χ1n) is 8.89. The van der Waals surface area contributed by atoms with Crippen molar-refractivity contribution in [3.8, 4) is 16.9 Å². The third kappa shape index (κ3) is 5.49. The lowest BCUT2D eigenvalue weighted by molar-refractivity contribution is -0.137. The standard InChI is InChI=1S/C23H25F3O/c1-5-7-18(8-6-2)15-27-21-13-16(3)22(17(4)14-21)19-9-11-20(12-10-19)23(24,25)26/h5-6,9-14,18H,1-2,7-8,15H2,3-4H3. The van der Waals surface area contributed by atoms with Gasteiger partial charge in [0.25, 0.3) is 0 Å². The summed E-state index contributed by atoms with van der Waals surface area (Å²) in [5.41, 5.74) is 2.99. The Morgan fingerprint density at radius 2 is 1.48 bits per heavy atom. The third-order valence-corrected chi connectivity index (χ3v) is 4.49. The zero-order valence-corrected chi connectivity index (χ0v) is 15.8. The molecule has 2 aromatic carbocycles. The van der Waals surface area contributed by atoms with Gasteiger partial charge in [0.2, 0.25) is 0 Å². The first-order valence-corrected chi connectivity index (χ1v) is 8.89. The fourth-order valence-electron chi connectivity index (χ4n) is 3.21. The predicted molar refractivity (Wildman–Crippen MR) is 105 cm³/mol. The molecule has 4 heteroatoms. The second kappa shape index (κ2) is 8.94. The highest BCUT2D eigenvalue weighted by Gasteiger charge is 2.30. The Hall–Kier alpha value is -2.49. The van der Waals surface area contributed by atoms with Gasteiger partial charge in [-0.25, -0.2) is 0 Å². The van der Waals surface area contributed by atoms with E-state index in [-0.39, 0.29) is 0 Å². The van der Waals surface area contributed by atoms with Gasteiger partial charge in [-0.2, -0.15) is 13.2 Å². The van der Waals surface area contributed by atoms with Crippen LogP contribution >= 0.6 is 0 Å². The number of aryl methyl sites for hydroxylation is 2. The van der Waals surface area contributed by atoms with E-state index >= 15 is 0 Å². The first kappa shape index (κ1) is 20.8. The van der Waals surface area contributed by atoms with Gasteiger partial charge in [0.1, 0.15) is 5.75 Å². The molecule has 0 bridgehead atoms.